The zero-order chi connectivity index (χ0) is 13.9. The molecule has 1 aliphatic carbocycles. The van der Waals surface area contributed by atoms with E-state index in [9.17, 15) is 4.79 Å². The number of anilines is 1. The molecule has 1 N–H and O–H groups in total. The fourth-order valence-corrected chi connectivity index (χ4v) is 3.10. The van der Waals surface area contributed by atoms with E-state index in [4.69, 9.17) is 0 Å². The largest absolute Gasteiger partial charge is 0.324 e. The van der Waals surface area contributed by atoms with Gasteiger partial charge in [0.1, 0.15) is 0 Å². The lowest BCUT2D eigenvalue weighted by Gasteiger charge is -2.20. The highest BCUT2D eigenvalue weighted by atomic mass is 16.1. The minimum absolute atomic E-state index is 0.129. The summed E-state index contributed by atoms with van der Waals surface area (Å²) in [6, 6.07) is 5.85. The maximum atomic E-state index is 12.2. The van der Waals surface area contributed by atoms with Crippen molar-refractivity contribution in [2.24, 2.45) is 5.92 Å². The number of carbonyl (C=O) groups excluding carboxylic acids is 1. The van der Waals surface area contributed by atoms with Crippen molar-refractivity contribution in [2.45, 2.75) is 45.4 Å². The Kier molecular flexibility index (Phi) is 3.72. The van der Waals surface area contributed by atoms with Crippen LogP contribution in [-0.2, 0) is 4.79 Å². The number of nitrogens with one attached hydrogen (secondary N) is 1. The molecule has 106 valence electrons. The number of carbonyl (C=O) groups is 1. The second kappa shape index (κ2) is 5.65. The molecule has 4 nitrogen and oxygen atoms in total. The van der Waals surface area contributed by atoms with Gasteiger partial charge < -0.3 is 5.32 Å². The van der Waals surface area contributed by atoms with Crippen LogP contribution in [0.3, 0.4) is 0 Å². The van der Waals surface area contributed by atoms with Crippen molar-refractivity contribution in [3.8, 4) is 0 Å². The van der Waals surface area contributed by atoms with Crippen molar-refractivity contribution in [3.05, 3.63) is 30.1 Å². The Hall–Kier alpha value is -1.84. The van der Waals surface area contributed by atoms with E-state index < -0.39 is 0 Å². The monoisotopic (exact) mass is 271 g/mol. The van der Waals surface area contributed by atoms with Crippen LogP contribution in [0.4, 0.5) is 5.69 Å². The summed E-state index contributed by atoms with van der Waals surface area (Å²) < 4.78 is 1.81. The zero-order valence-corrected chi connectivity index (χ0v) is 11.9. The Morgan fingerprint density at radius 1 is 1.40 bits per heavy atom. The van der Waals surface area contributed by atoms with Gasteiger partial charge >= 0.3 is 0 Å². The minimum atomic E-state index is 0.129. The molecule has 0 spiro atoms. The molecule has 1 saturated carbocycles. The van der Waals surface area contributed by atoms with Crippen LogP contribution in [0.2, 0.25) is 0 Å². The van der Waals surface area contributed by atoms with Crippen molar-refractivity contribution in [3.63, 3.8) is 0 Å². The lowest BCUT2D eigenvalue weighted by atomic mass is 9.87. The SMILES string of the molecule is Cc1cc2c(NC(=O)CC3CCCCC3)cccn2n1. The highest BCUT2D eigenvalue weighted by molar-refractivity contribution is 5.95. The Balaban J connectivity index is 1.70. The summed E-state index contributed by atoms with van der Waals surface area (Å²) in [6.45, 7) is 1.96. The smallest absolute Gasteiger partial charge is 0.224 e. The maximum absolute atomic E-state index is 12.2. The van der Waals surface area contributed by atoms with Crippen LogP contribution in [0.25, 0.3) is 5.52 Å². The van der Waals surface area contributed by atoms with Crippen molar-refractivity contribution in [1.29, 1.82) is 0 Å². The molecule has 1 aliphatic rings. The topological polar surface area (TPSA) is 46.4 Å². The van der Waals surface area contributed by atoms with Crippen LogP contribution in [0, 0.1) is 12.8 Å². The standard InChI is InChI=1S/C16H21N3O/c1-12-10-15-14(8-5-9-19(15)18-12)17-16(20)11-13-6-3-2-4-7-13/h5,8-10,13H,2-4,6-7,11H2,1H3,(H,17,20). The van der Waals surface area contributed by atoms with E-state index in [1.165, 1.54) is 32.1 Å². The van der Waals surface area contributed by atoms with Crippen LogP contribution in [0.15, 0.2) is 24.4 Å². The number of hydrogen-bond acceptors (Lipinski definition) is 2. The molecule has 2 aromatic rings. The summed E-state index contributed by atoms with van der Waals surface area (Å²) in [4.78, 5) is 12.2. The number of amides is 1. The number of aromatic nitrogens is 2. The fourth-order valence-electron chi connectivity index (χ4n) is 3.10. The van der Waals surface area contributed by atoms with Gasteiger partial charge in [-0.05, 0) is 43.9 Å². The molecule has 4 heteroatoms. The first-order valence-electron chi connectivity index (χ1n) is 7.47. The highest BCUT2D eigenvalue weighted by Crippen LogP contribution is 2.27. The van der Waals surface area contributed by atoms with Gasteiger partial charge in [-0.3, -0.25) is 4.79 Å². The van der Waals surface area contributed by atoms with Gasteiger partial charge in [0.15, 0.2) is 0 Å². The first-order chi connectivity index (χ1) is 9.72. The number of aryl methyl sites for hydroxylation is 1. The Bertz CT molecular complexity index is 611. The van der Waals surface area contributed by atoms with Gasteiger partial charge in [0, 0.05) is 12.6 Å². The van der Waals surface area contributed by atoms with Gasteiger partial charge in [-0.25, -0.2) is 4.52 Å². The van der Waals surface area contributed by atoms with E-state index in [0.717, 1.165) is 16.9 Å². The molecule has 0 radical (unpaired) electrons. The Morgan fingerprint density at radius 2 is 2.20 bits per heavy atom. The molecule has 1 amide bonds. The maximum Gasteiger partial charge on any atom is 0.224 e. The average Bonchev–Trinajstić information content (AvgIpc) is 2.81. The summed E-state index contributed by atoms with van der Waals surface area (Å²) in [7, 11) is 0. The molecule has 0 saturated heterocycles. The molecule has 0 atom stereocenters. The van der Waals surface area contributed by atoms with Crippen molar-refractivity contribution in [1.82, 2.24) is 9.61 Å². The van der Waals surface area contributed by atoms with Crippen LogP contribution in [0.5, 0.6) is 0 Å². The predicted octanol–water partition coefficient (Wildman–Crippen LogP) is 3.55. The number of pyridine rings is 1. The first-order valence-corrected chi connectivity index (χ1v) is 7.47. The zero-order valence-electron chi connectivity index (χ0n) is 11.9. The number of hydrogen-bond donors (Lipinski definition) is 1. The summed E-state index contributed by atoms with van der Waals surface area (Å²) in [5, 5.41) is 7.41. The molecule has 0 unspecified atom stereocenters. The van der Waals surface area contributed by atoms with Crippen LogP contribution in [0.1, 0.15) is 44.2 Å². The summed E-state index contributed by atoms with van der Waals surface area (Å²) in [5.41, 5.74) is 2.77. The fraction of sp³-hybridized carbons (Fsp3) is 0.500. The average molecular weight is 271 g/mol. The van der Waals surface area contributed by atoms with E-state index in [-0.39, 0.29) is 5.91 Å². The molecule has 1 fully saturated rings. The normalized spacial score (nSPS) is 16.4. The van der Waals surface area contributed by atoms with Gasteiger partial charge in [-0.1, -0.05) is 19.3 Å². The molecule has 2 heterocycles. The third kappa shape index (κ3) is 2.84. The van der Waals surface area contributed by atoms with Crippen LogP contribution in [-0.4, -0.2) is 15.5 Å². The first kappa shape index (κ1) is 13.2. The second-order valence-electron chi connectivity index (χ2n) is 5.79. The predicted molar refractivity (Wildman–Crippen MR) is 79.8 cm³/mol. The Morgan fingerprint density at radius 3 is 3.00 bits per heavy atom. The van der Waals surface area contributed by atoms with Gasteiger partial charge in [-0.2, -0.15) is 5.10 Å². The third-order valence-corrected chi connectivity index (χ3v) is 4.10. The summed E-state index contributed by atoms with van der Waals surface area (Å²) in [6.07, 6.45) is 8.82. The number of rotatable bonds is 3. The van der Waals surface area contributed by atoms with Crippen molar-refractivity contribution < 1.29 is 4.79 Å². The van der Waals surface area contributed by atoms with Gasteiger partial charge in [0.25, 0.3) is 0 Å². The minimum Gasteiger partial charge on any atom is -0.324 e. The molecule has 0 aliphatic heterocycles. The van der Waals surface area contributed by atoms with Crippen LogP contribution < -0.4 is 5.32 Å². The summed E-state index contributed by atoms with van der Waals surface area (Å²) in [5.74, 6) is 0.694. The molecule has 3 rings (SSSR count). The van der Waals surface area contributed by atoms with Gasteiger partial charge in [0.05, 0.1) is 16.9 Å². The summed E-state index contributed by atoms with van der Waals surface area (Å²) >= 11 is 0. The highest BCUT2D eigenvalue weighted by Gasteiger charge is 2.17. The third-order valence-electron chi connectivity index (χ3n) is 4.10. The molecule has 0 aromatic carbocycles. The van der Waals surface area contributed by atoms with E-state index in [0.29, 0.717) is 12.3 Å². The Labute approximate surface area is 119 Å². The van der Waals surface area contributed by atoms with Crippen molar-refractivity contribution >= 4 is 17.1 Å². The second-order valence-corrected chi connectivity index (χ2v) is 5.79. The lowest BCUT2D eigenvalue weighted by Crippen LogP contribution is -2.18. The molecular formula is C16H21N3O. The number of nitrogens with zero attached hydrogens (tertiary/aromatic N) is 2. The van der Waals surface area contributed by atoms with Gasteiger partial charge in [0.2, 0.25) is 5.91 Å². The van der Waals surface area contributed by atoms with E-state index in [1.54, 1.807) is 0 Å². The molecule has 20 heavy (non-hydrogen) atoms. The molecule has 0 bridgehead atoms. The molecular weight excluding hydrogens is 250 g/mol. The van der Waals surface area contributed by atoms with E-state index in [2.05, 4.69) is 10.4 Å². The molecule has 2 aromatic heterocycles. The van der Waals surface area contributed by atoms with Crippen molar-refractivity contribution in [2.75, 3.05) is 5.32 Å². The lowest BCUT2D eigenvalue weighted by molar-refractivity contribution is -0.117. The van der Waals surface area contributed by atoms with E-state index in [1.807, 2.05) is 35.8 Å². The quantitative estimate of drug-likeness (QED) is 0.928. The van der Waals surface area contributed by atoms with Crippen LogP contribution >= 0.6 is 0 Å². The van der Waals surface area contributed by atoms with Gasteiger partial charge in [-0.15, -0.1) is 0 Å². The van der Waals surface area contributed by atoms with E-state index >= 15 is 0 Å². The number of fused-ring (bicyclic) bond motifs is 1.